The molecule has 0 aliphatic heterocycles. The lowest BCUT2D eigenvalue weighted by Gasteiger charge is -2.14. The molecule has 0 unspecified atom stereocenters. The van der Waals surface area contributed by atoms with E-state index < -0.39 is 0 Å². The summed E-state index contributed by atoms with van der Waals surface area (Å²) in [6, 6.07) is 8.31. The average Bonchev–Trinajstić information content (AvgIpc) is 2.94. The van der Waals surface area contributed by atoms with Gasteiger partial charge in [-0.05, 0) is 37.4 Å². The molecular formula is C15H19N3OS2. The number of nitrogens with one attached hydrogen (secondary N) is 1. The number of aromatic nitrogens is 1. The molecule has 0 atom stereocenters. The van der Waals surface area contributed by atoms with Crippen molar-refractivity contribution >= 4 is 39.8 Å². The minimum atomic E-state index is 0.0269. The van der Waals surface area contributed by atoms with E-state index in [0.717, 1.165) is 16.5 Å². The van der Waals surface area contributed by atoms with Crippen molar-refractivity contribution in [3.05, 3.63) is 35.3 Å². The largest absolute Gasteiger partial charge is 0.379 e. The number of rotatable bonds is 6. The first-order valence-corrected chi connectivity index (χ1v) is 8.85. The highest BCUT2D eigenvalue weighted by Crippen LogP contribution is 2.22. The summed E-state index contributed by atoms with van der Waals surface area (Å²) in [5.41, 5.74) is 2.02. The molecule has 0 aliphatic rings. The Morgan fingerprint density at radius 2 is 2.10 bits per heavy atom. The first-order valence-electron chi connectivity index (χ1n) is 6.74. The number of carbonyl (C=O) groups excluding carboxylic acids is 1. The Hall–Kier alpha value is -1.53. The number of thioether (sulfide) groups is 1. The predicted molar refractivity (Wildman–Crippen MR) is 91.4 cm³/mol. The number of benzene rings is 1. The van der Waals surface area contributed by atoms with Crippen molar-refractivity contribution in [2.75, 3.05) is 23.0 Å². The zero-order chi connectivity index (χ0) is 15.2. The fourth-order valence-corrected chi connectivity index (χ4v) is 3.24. The van der Waals surface area contributed by atoms with Gasteiger partial charge >= 0.3 is 0 Å². The monoisotopic (exact) mass is 321 g/mol. The molecule has 2 aromatic rings. The van der Waals surface area contributed by atoms with Crippen molar-refractivity contribution in [3.8, 4) is 0 Å². The predicted octanol–water partition coefficient (Wildman–Crippen LogP) is 3.85. The van der Waals surface area contributed by atoms with Gasteiger partial charge in [0.1, 0.15) is 0 Å². The smallest absolute Gasteiger partial charge is 0.225 e. The van der Waals surface area contributed by atoms with Crippen LogP contribution in [-0.4, -0.2) is 23.7 Å². The van der Waals surface area contributed by atoms with Gasteiger partial charge in [-0.2, -0.15) is 0 Å². The molecule has 1 aromatic carbocycles. The van der Waals surface area contributed by atoms with Crippen LogP contribution in [0.5, 0.6) is 0 Å². The second kappa shape index (κ2) is 7.47. The van der Waals surface area contributed by atoms with Gasteiger partial charge in [-0.3, -0.25) is 9.69 Å². The molecule has 21 heavy (non-hydrogen) atoms. The number of amides is 1. The van der Waals surface area contributed by atoms with Crippen LogP contribution in [0, 0.1) is 0 Å². The Morgan fingerprint density at radius 1 is 1.38 bits per heavy atom. The lowest BCUT2D eigenvalue weighted by molar-refractivity contribution is -0.116. The van der Waals surface area contributed by atoms with Crippen molar-refractivity contribution in [2.24, 2.45) is 0 Å². The average molecular weight is 321 g/mol. The number of thiazole rings is 1. The zero-order valence-electron chi connectivity index (χ0n) is 12.4. The van der Waals surface area contributed by atoms with Crippen molar-refractivity contribution in [2.45, 2.75) is 25.3 Å². The number of carbonyl (C=O) groups is 1. The van der Waals surface area contributed by atoms with Crippen molar-refractivity contribution < 1.29 is 4.79 Å². The minimum Gasteiger partial charge on any atom is -0.379 e. The van der Waals surface area contributed by atoms with E-state index in [1.165, 1.54) is 16.2 Å². The summed E-state index contributed by atoms with van der Waals surface area (Å²) in [6.07, 6.45) is 2.06. The van der Waals surface area contributed by atoms with Gasteiger partial charge in [-0.15, -0.1) is 23.1 Å². The van der Waals surface area contributed by atoms with Gasteiger partial charge in [0.25, 0.3) is 0 Å². The van der Waals surface area contributed by atoms with Crippen LogP contribution in [0.3, 0.4) is 0 Å². The van der Waals surface area contributed by atoms with Crippen LogP contribution in [0.15, 0.2) is 34.5 Å². The van der Waals surface area contributed by atoms with E-state index >= 15 is 0 Å². The zero-order valence-corrected chi connectivity index (χ0v) is 14.1. The second-order valence-electron chi connectivity index (χ2n) is 4.47. The van der Waals surface area contributed by atoms with Crippen LogP contribution in [0.1, 0.15) is 19.5 Å². The van der Waals surface area contributed by atoms with Crippen LogP contribution in [-0.2, 0) is 11.3 Å². The maximum atomic E-state index is 11.5. The molecule has 0 spiro atoms. The summed E-state index contributed by atoms with van der Waals surface area (Å²) in [5, 5.41) is 6.10. The molecule has 0 fully saturated rings. The van der Waals surface area contributed by atoms with Crippen molar-refractivity contribution in [3.63, 3.8) is 0 Å². The first kappa shape index (κ1) is 15.9. The van der Waals surface area contributed by atoms with Crippen LogP contribution in [0.4, 0.5) is 10.8 Å². The summed E-state index contributed by atoms with van der Waals surface area (Å²) in [7, 11) is 0. The maximum Gasteiger partial charge on any atom is 0.225 e. The number of nitrogens with zero attached hydrogens (tertiary/aromatic N) is 2. The lowest BCUT2D eigenvalue weighted by atomic mass is 10.3. The highest BCUT2D eigenvalue weighted by Gasteiger charge is 2.13. The molecular weight excluding hydrogens is 302 g/mol. The van der Waals surface area contributed by atoms with Crippen molar-refractivity contribution in [1.29, 1.82) is 0 Å². The van der Waals surface area contributed by atoms with E-state index in [9.17, 15) is 4.79 Å². The van der Waals surface area contributed by atoms with Crippen LogP contribution in [0.2, 0.25) is 0 Å². The van der Waals surface area contributed by atoms with Gasteiger partial charge in [-0.25, -0.2) is 4.98 Å². The highest BCUT2D eigenvalue weighted by atomic mass is 32.2. The molecule has 1 aromatic heterocycles. The molecule has 1 amide bonds. The molecule has 0 aliphatic carbocycles. The van der Waals surface area contributed by atoms with Gasteiger partial charge < -0.3 is 5.32 Å². The summed E-state index contributed by atoms with van der Waals surface area (Å²) < 4.78 is 0. The van der Waals surface area contributed by atoms with Gasteiger partial charge in [0, 0.05) is 29.4 Å². The molecule has 0 radical (unpaired) electrons. The Kier molecular flexibility index (Phi) is 5.64. The molecule has 2 rings (SSSR count). The van der Waals surface area contributed by atoms with E-state index in [4.69, 9.17) is 0 Å². The molecule has 112 valence electrons. The summed E-state index contributed by atoms with van der Waals surface area (Å²) in [6.45, 7) is 4.82. The van der Waals surface area contributed by atoms with Crippen LogP contribution in [0.25, 0.3) is 0 Å². The summed E-state index contributed by atoms with van der Waals surface area (Å²) in [4.78, 5) is 18.9. The number of anilines is 2. The number of hydrogen-bond donors (Lipinski definition) is 1. The Labute approximate surface area is 133 Å². The molecule has 1 heterocycles. The molecule has 4 nitrogen and oxygen atoms in total. The molecule has 0 saturated heterocycles. The molecule has 6 heteroatoms. The molecule has 1 N–H and O–H groups in total. The fraction of sp³-hybridized carbons (Fsp3) is 0.333. The maximum absolute atomic E-state index is 11.5. The van der Waals surface area contributed by atoms with Gasteiger partial charge in [0.2, 0.25) is 5.91 Å². The lowest BCUT2D eigenvalue weighted by Crippen LogP contribution is -2.27. The van der Waals surface area contributed by atoms with E-state index in [-0.39, 0.29) is 5.91 Å². The van der Waals surface area contributed by atoms with Crippen molar-refractivity contribution in [1.82, 2.24) is 4.98 Å². The standard InChI is InChI=1S/C15H19N3OS2/c1-4-18(11(2)19)15-17-13(10-21-15)9-16-12-5-7-14(20-3)8-6-12/h5-8,10,16H,4,9H2,1-3H3. The Balaban J connectivity index is 1.97. The first-order chi connectivity index (χ1) is 10.1. The molecule has 0 saturated carbocycles. The second-order valence-corrected chi connectivity index (χ2v) is 6.18. The van der Waals surface area contributed by atoms with E-state index in [0.29, 0.717) is 13.1 Å². The normalized spacial score (nSPS) is 10.4. The van der Waals surface area contributed by atoms with Gasteiger partial charge in [0.15, 0.2) is 5.13 Å². The topological polar surface area (TPSA) is 45.2 Å². The van der Waals surface area contributed by atoms with Gasteiger partial charge in [0.05, 0.1) is 12.2 Å². The third-order valence-electron chi connectivity index (χ3n) is 3.03. The Morgan fingerprint density at radius 3 is 2.67 bits per heavy atom. The van der Waals surface area contributed by atoms with Gasteiger partial charge in [-0.1, -0.05) is 0 Å². The highest BCUT2D eigenvalue weighted by molar-refractivity contribution is 7.98. The minimum absolute atomic E-state index is 0.0269. The van der Waals surface area contributed by atoms with E-state index in [2.05, 4.69) is 40.8 Å². The van der Waals surface area contributed by atoms with Crippen LogP contribution < -0.4 is 10.2 Å². The van der Waals surface area contributed by atoms with E-state index in [1.807, 2.05) is 12.3 Å². The number of hydrogen-bond acceptors (Lipinski definition) is 5. The third-order valence-corrected chi connectivity index (χ3v) is 4.69. The Bertz CT molecular complexity index is 595. The SMILES string of the molecule is CCN(C(C)=O)c1nc(CNc2ccc(SC)cc2)cs1. The van der Waals surface area contributed by atoms with E-state index in [1.54, 1.807) is 23.6 Å². The quantitative estimate of drug-likeness (QED) is 0.821. The van der Waals surface area contributed by atoms with Crippen LogP contribution >= 0.6 is 23.1 Å². The summed E-state index contributed by atoms with van der Waals surface area (Å²) >= 11 is 3.23. The molecule has 0 bridgehead atoms. The third kappa shape index (κ3) is 4.22. The summed E-state index contributed by atoms with van der Waals surface area (Å²) in [5.74, 6) is 0.0269. The fourth-order valence-electron chi connectivity index (χ4n) is 1.90.